The number of amides is 1. The lowest BCUT2D eigenvalue weighted by molar-refractivity contribution is -0.122. The van der Waals surface area contributed by atoms with E-state index in [1.165, 1.54) is 11.8 Å². The van der Waals surface area contributed by atoms with Gasteiger partial charge in [-0.2, -0.15) is 5.10 Å². The molecule has 0 bridgehead atoms. The van der Waals surface area contributed by atoms with E-state index >= 15 is 0 Å². The van der Waals surface area contributed by atoms with Crippen molar-refractivity contribution in [1.29, 1.82) is 0 Å². The third-order valence-electron chi connectivity index (χ3n) is 5.73. The molecule has 6 nitrogen and oxygen atoms in total. The zero-order valence-electron chi connectivity index (χ0n) is 20.0. The molecular weight excluding hydrogens is 490 g/mol. The number of benzene rings is 2. The summed E-state index contributed by atoms with van der Waals surface area (Å²) in [5.74, 6) is 1.41. The summed E-state index contributed by atoms with van der Waals surface area (Å²) in [6.45, 7) is 5.10. The van der Waals surface area contributed by atoms with Crippen molar-refractivity contribution in [1.82, 2.24) is 14.7 Å². The molecule has 182 valence electrons. The first-order valence-electron chi connectivity index (χ1n) is 11.7. The molecule has 0 radical (unpaired) electrons. The van der Waals surface area contributed by atoms with E-state index in [9.17, 15) is 4.79 Å². The Hall–Kier alpha value is -3.62. The van der Waals surface area contributed by atoms with Gasteiger partial charge in [0.05, 0.1) is 30.0 Å². The van der Waals surface area contributed by atoms with E-state index < -0.39 is 0 Å². The number of rotatable bonds is 8. The molecule has 2 aromatic carbocycles. The second kappa shape index (κ2) is 10.6. The predicted molar refractivity (Wildman–Crippen MR) is 147 cm³/mol. The Morgan fingerprint density at radius 3 is 2.69 bits per heavy atom. The molecule has 1 aliphatic rings. The quantitative estimate of drug-likeness (QED) is 0.194. The number of carbonyl (C=O) groups excluding carboxylic acids is 1. The molecule has 3 heterocycles. The van der Waals surface area contributed by atoms with Crippen molar-refractivity contribution < 1.29 is 13.9 Å². The normalized spacial score (nSPS) is 14.7. The number of nitrogens with zero attached hydrogens (tertiary/aromatic N) is 3. The number of hydrogen-bond donors (Lipinski definition) is 0. The number of thiocarbonyl (C=S) groups is 1. The zero-order chi connectivity index (χ0) is 25.1. The van der Waals surface area contributed by atoms with Crippen LogP contribution in [0.15, 0.2) is 82.4 Å². The first kappa shape index (κ1) is 24.1. The van der Waals surface area contributed by atoms with Crippen LogP contribution in [0.1, 0.15) is 30.2 Å². The minimum Gasteiger partial charge on any atom is -0.493 e. The highest BCUT2D eigenvalue weighted by Crippen LogP contribution is 2.36. The van der Waals surface area contributed by atoms with Crippen LogP contribution in [0, 0.1) is 6.92 Å². The van der Waals surface area contributed by atoms with Gasteiger partial charge in [0.1, 0.15) is 21.5 Å². The van der Waals surface area contributed by atoms with Crippen molar-refractivity contribution >= 4 is 40.3 Å². The highest BCUT2D eigenvalue weighted by molar-refractivity contribution is 8.26. The van der Waals surface area contributed by atoms with E-state index in [4.69, 9.17) is 26.5 Å². The third-order valence-corrected chi connectivity index (χ3v) is 7.11. The van der Waals surface area contributed by atoms with Gasteiger partial charge in [0.25, 0.3) is 5.91 Å². The van der Waals surface area contributed by atoms with Gasteiger partial charge in [0, 0.05) is 17.3 Å². The number of para-hydroxylation sites is 1. The summed E-state index contributed by atoms with van der Waals surface area (Å²) in [5.41, 5.74) is 4.52. The minimum absolute atomic E-state index is 0.140. The van der Waals surface area contributed by atoms with Crippen LogP contribution in [-0.4, -0.2) is 31.5 Å². The molecule has 0 saturated carbocycles. The Balaban J connectivity index is 1.53. The van der Waals surface area contributed by atoms with Gasteiger partial charge in [-0.1, -0.05) is 49.1 Å². The van der Waals surface area contributed by atoms with E-state index in [1.807, 2.05) is 72.4 Å². The van der Waals surface area contributed by atoms with Gasteiger partial charge in [-0.15, -0.1) is 0 Å². The number of carbonyl (C=O) groups is 1. The van der Waals surface area contributed by atoms with Gasteiger partial charge in [-0.3, -0.25) is 9.69 Å². The standard InChI is InChI=1S/C28H25N3O3S2/c1-3-13-34-24-12-11-20(15-19(24)2)26-21(17-31(29-26)22-8-5-4-6-9-22)16-25-27(32)30(28(35)36-25)18-23-10-7-14-33-23/h4-12,14-17H,3,13,18H2,1-2H3/b25-16-. The highest BCUT2D eigenvalue weighted by atomic mass is 32.2. The summed E-state index contributed by atoms with van der Waals surface area (Å²) in [4.78, 5) is 15.4. The van der Waals surface area contributed by atoms with E-state index in [1.54, 1.807) is 17.2 Å². The Morgan fingerprint density at radius 2 is 1.97 bits per heavy atom. The van der Waals surface area contributed by atoms with Crippen molar-refractivity contribution in [3.8, 4) is 22.7 Å². The second-order valence-corrected chi connectivity index (χ2v) is 10.1. The van der Waals surface area contributed by atoms with Crippen molar-refractivity contribution in [3.05, 3.63) is 94.9 Å². The molecule has 0 aliphatic carbocycles. The van der Waals surface area contributed by atoms with Crippen LogP contribution in [0.25, 0.3) is 23.0 Å². The van der Waals surface area contributed by atoms with Crippen LogP contribution in [0.3, 0.4) is 0 Å². The molecule has 0 unspecified atom stereocenters. The molecule has 1 amide bonds. The van der Waals surface area contributed by atoms with Crippen molar-refractivity contribution in [2.24, 2.45) is 0 Å². The molecule has 8 heteroatoms. The van der Waals surface area contributed by atoms with Crippen LogP contribution >= 0.6 is 24.0 Å². The summed E-state index contributed by atoms with van der Waals surface area (Å²) in [6, 6.07) is 19.6. The molecule has 1 fully saturated rings. The van der Waals surface area contributed by atoms with Gasteiger partial charge in [-0.05, 0) is 67.4 Å². The molecule has 1 aliphatic heterocycles. The average Bonchev–Trinajstić information content (AvgIpc) is 3.61. The lowest BCUT2D eigenvalue weighted by Crippen LogP contribution is -2.27. The molecular formula is C28H25N3O3S2. The van der Waals surface area contributed by atoms with Crippen molar-refractivity contribution in [2.45, 2.75) is 26.8 Å². The van der Waals surface area contributed by atoms with Crippen LogP contribution in [-0.2, 0) is 11.3 Å². The summed E-state index contributed by atoms with van der Waals surface area (Å²) in [6.07, 6.45) is 6.36. The molecule has 0 spiro atoms. The van der Waals surface area contributed by atoms with E-state index in [0.29, 0.717) is 28.1 Å². The Kier molecular flexibility index (Phi) is 7.06. The van der Waals surface area contributed by atoms with Gasteiger partial charge in [0.2, 0.25) is 0 Å². The lowest BCUT2D eigenvalue weighted by atomic mass is 10.0. The number of aromatic nitrogens is 2. The Bertz CT molecular complexity index is 1430. The number of aryl methyl sites for hydroxylation is 1. The Labute approximate surface area is 219 Å². The fourth-order valence-electron chi connectivity index (χ4n) is 3.94. The average molecular weight is 516 g/mol. The molecule has 1 saturated heterocycles. The molecule has 2 aromatic heterocycles. The van der Waals surface area contributed by atoms with Crippen LogP contribution < -0.4 is 4.74 Å². The topological polar surface area (TPSA) is 60.5 Å². The first-order valence-corrected chi connectivity index (χ1v) is 12.9. The summed E-state index contributed by atoms with van der Waals surface area (Å²) in [7, 11) is 0. The SMILES string of the molecule is CCCOc1ccc(-c2nn(-c3ccccc3)cc2/C=C2\SC(=S)N(Cc3ccco3)C2=O)cc1C. The maximum Gasteiger partial charge on any atom is 0.266 e. The van der Waals surface area contributed by atoms with Gasteiger partial charge in [-0.25, -0.2) is 4.68 Å². The lowest BCUT2D eigenvalue weighted by Gasteiger charge is -2.12. The third kappa shape index (κ3) is 5.01. The van der Waals surface area contributed by atoms with E-state index in [-0.39, 0.29) is 5.91 Å². The van der Waals surface area contributed by atoms with Crippen LogP contribution in [0.5, 0.6) is 5.75 Å². The Morgan fingerprint density at radius 1 is 1.14 bits per heavy atom. The molecule has 4 aromatic rings. The summed E-state index contributed by atoms with van der Waals surface area (Å²) in [5, 5.41) is 4.90. The zero-order valence-corrected chi connectivity index (χ0v) is 21.6. The fourth-order valence-corrected chi connectivity index (χ4v) is 5.18. The van der Waals surface area contributed by atoms with Crippen LogP contribution in [0.2, 0.25) is 0 Å². The largest absolute Gasteiger partial charge is 0.493 e. The molecule has 0 N–H and O–H groups in total. The maximum absolute atomic E-state index is 13.2. The fraction of sp³-hybridized carbons (Fsp3) is 0.179. The van der Waals surface area contributed by atoms with Crippen molar-refractivity contribution in [2.75, 3.05) is 6.61 Å². The molecule has 36 heavy (non-hydrogen) atoms. The maximum atomic E-state index is 13.2. The monoisotopic (exact) mass is 515 g/mol. The summed E-state index contributed by atoms with van der Waals surface area (Å²) < 4.78 is 13.6. The van der Waals surface area contributed by atoms with E-state index in [0.717, 1.165) is 40.2 Å². The predicted octanol–water partition coefficient (Wildman–Crippen LogP) is 6.63. The van der Waals surface area contributed by atoms with Gasteiger partial charge in [0.15, 0.2) is 0 Å². The highest BCUT2D eigenvalue weighted by Gasteiger charge is 2.33. The number of hydrogen-bond acceptors (Lipinski definition) is 6. The molecule has 0 atom stereocenters. The number of ether oxygens (including phenoxy) is 1. The number of thioether (sulfide) groups is 1. The first-order chi connectivity index (χ1) is 17.5. The summed E-state index contributed by atoms with van der Waals surface area (Å²) >= 11 is 6.80. The van der Waals surface area contributed by atoms with Crippen molar-refractivity contribution in [3.63, 3.8) is 0 Å². The molecule has 5 rings (SSSR count). The van der Waals surface area contributed by atoms with Gasteiger partial charge < -0.3 is 9.15 Å². The second-order valence-electron chi connectivity index (χ2n) is 8.39. The number of furan rings is 1. The van der Waals surface area contributed by atoms with Gasteiger partial charge >= 0.3 is 0 Å². The van der Waals surface area contributed by atoms with E-state index in [2.05, 4.69) is 13.0 Å². The smallest absolute Gasteiger partial charge is 0.266 e. The minimum atomic E-state index is -0.140. The van der Waals surface area contributed by atoms with Crippen LogP contribution in [0.4, 0.5) is 0 Å².